The number of amides is 2. The van der Waals surface area contributed by atoms with E-state index < -0.39 is 0 Å². The number of nitrogens with zero attached hydrogens (tertiary/aromatic N) is 2. The molecular weight excluding hydrogens is 350 g/mol. The molecule has 3 saturated heterocycles. The number of carbonyl (C=O) groups is 1. The van der Waals surface area contributed by atoms with Crippen LogP contribution in [0.25, 0.3) is 0 Å². The van der Waals surface area contributed by atoms with Gasteiger partial charge in [0, 0.05) is 19.1 Å². The summed E-state index contributed by atoms with van der Waals surface area (Å²) in [6.07, 6.45) is 3.25. The Labute approximate surface area is 166 Å². The van der Waals surface area contributed by atoms with Crippen LogP contribution in [0, 0.1) is 5.92 Å². The zero-order valence-electron chi connectivity index (χ0n) is 16.1. The Bertz CT molecular complexity index is 858. The van der Waals surface area contributed by atoms with E-state index >= 15 is 0 Å². The number of phenolic OH excluding ortho intramolecular Hbond substituents is 1. The SMILES string of the molecule is O=C(N[C@@H]1CN2CCC1CC2)N1CCc2ccccc2[C@@H]1c1ccc(O)cc1. The van der Waals surface area contributed by atoms with Crippen LogP contribution in [0.15, 0.2) is 48.5 Å². The van der Waals surface area contributed by atoms with Crippen molar-refractivity contribution in [3.05, 3.63) is 65.2 Å². The molecule has 6 rings (SSSR count). The molecule has 146 valence electrons. The number of urea groups is 1. The molecule has 5 heteroatoms. The number of nitrogens with one attached hydrogen (secondary N) is 1. The highest BCUT2D eigenvalue weighted by Crippen LogP contribution is 2.36. The molecule has 0 saturated carbocycles. The van der Waals surface area contributed by atoms with Crippen molar-refractivity contribution in [1.29, 1.82) is 0 Å². The molecule has 28 heavy (non-hydrogen) atoms. The molecule has 0 spiro atoms. The first-order valence-corrected chi connectivity index (χ1v) is 10.4. The summed E-state index contributed by atoms with van der Waals surface area (Å²) in [6.45, 7) is 4.02. The Morgan fingerprint density at radius 2 is 1.75 bits per heavy atom. The van der Waals surface area contributed by atoms with Crippen LogP contribution >= 0.6 is 0 Å². The van der Waals surface area contributed by atoms with Gasteiger partial charge in [0.2, 0.25) is 0 Å². The van der Waals surface area contributed by atoms with Crippen LogP contribution in [0.2, 0.25) is 0 Å². The molecule has 4 heterocycles. The number of phenols is 1. The Hall–Kier alpha value is -2.53. The van der Waals surface area contributed by atoms with Crippen LogP contribution in [-0.2, 0) is 6.42 Å². The molecule has 5 nitrogen and oxygen atoms in total. The van der Waals surface area contributed by atoms with E-state index in [4.69, 9.17) is 0 Å². The fraction of sp³-hybridized carbons (Fsp3) is 0.435. The zero-order valence-corrected chi connectivity index (χ0v) is 16.1. The highest BCUT2D eigenvalue weighted by atomic mass is 16.3. The molecule has 2 aromatic rings. The minimum Gasteiger partial charge on any atom is -0.508 e. The van der Waals surface area contributed by atoms with Crippen LogP contribution in [0.3, 0.4) is 0 Å². The van der Waals surface area contributed by atoms with Crippen molar-refractivity contribution < 1.29 is 9.90 Å². The van der Waals surface area contributed by atoms with Crippen LogP contribution in [0.1, 0.15) is 35.6 Å². The number of aromatic hydroxyl groups is 1. The van der Waals surface area contributed by atoms with Crippen molar-refractivity contribution in [3.8, 4) is 5.75 Å². The average Bonchev–Trinajstić information content (AvgIpc) is 2.74. The summed E-state index contributed by atoms with van der Waals surface area (Å²) in [5, 5.41) is 13.1. The van der Waals surface area contributed by atoms with E-state index in [1.807, 2.05) is 23.1 Å². The number of fused-ring (bicyclic) bond motifs is 4. The average molecular weight is 377 g/mol. The number of benzene rings is 2. The molecule has 2 bridgehead atoms. The smallest absolute Gasteiger partial charge is 0.318 e. The Morgan fingerprint density at radius 1 is 1.00 bits per heavy atom. The standard InChI is InChI=1S/C23H27N3O2/c27-19-7-5-18(6-8-19)22-20-4-2-1-3-16(20)11-14-26(22)23(28)24-21-15-25-12-9-17(21)10-13-25/h1-8,17,21-22,27H,9-15H2,(H,24,28)/t21-,22+/m1/s1. The van der Waals surface area contributed by atoms with Crippen LogP contribution in [0.4, 0.5) is 4.79 Å². The van der Waals surface area contributed by atoms with E-state index in [1.165, 1.54) is 37.1 Å². The third kappa shape index (κ3) is 3.14. The fourth-order valence-electron chi connectivity index (χ4n) is 5.17. The second kappa shape index (κ2) is 7.13. The van der Waals surface area contributed by atoms with E-state index in [0.29, 0.717) is 12.5 Å². The Balaban J connectivity index is 1.43. The summed E-state index contributed by atoms with van der Waals surface area (Å²) in [4.78, 5) is 17.8. The molecule has 2 N–H and O–H groups in total. The van der Waals surface area contributed by atoms with Gasteiger partial charge >= 0.3 is 6.03 Å². The van der Waals surface area contributed by atoms with Gasteiger partial charge in [0.1, 0.15) is 5.75 Å². The third-order valence-corrected chi connectivity index (χ3v) is 6.72. The third-order valence-electron chi connectivity index (χ3n) is 6.72. The van der Waals surface area contributed by atoms with E-state index in [1.54, 1.807) is 12.1 Å². The van der Waals surface area contributed by atoms with Gasteiger partial charge in [-0.05, 0) is 67.1 Å². The maximum Gasteiger partial charge on any atom is 0.318 e. The molecule has 0 unspecified atom stereocenters. The van der Waals surface area contributed by atoms with Crippen molar-refractivity contribution in [2.45, 2.75) is 31.3 Å². The summed E-state index contributed by atoms with van der Waals surface area (Å²) in [7, 11) is 0. The van der Waals surface area contributed by atoms with Crippen molar-refractivity contribution in [3.63, 3.8) is 0 Å². The molecule has 4 aliphatic heterocycles. The molecule has 0 radical (unpaired) electrons. The highest BCUT2D eigenvalue weighted by molar-refractivity contribution is 5.76. The van der Waals surface area contributed by atoms with E-state index in [9.17, 15) is 9.90 Å². The lowest BCUT2D eigenvalue weighted by atomic mass is 9.84. The van der Waals surface area contributed by atoms with Gasteiger partial charge in [0.05, 0.1) is 6.04 Å². The molecule has 2 amide bonds. The van der Waals surface area contributed by atoms with Crippen LogP contribution in [-0.4, -0.2) is 53.2 Å². The minimum atomic E-state index is -0.119. The maximum atomic E-state index is 13.4. The monoisotopic (exact) mass is 377 g/mol. The molecule has 0 aliphatic carbocycles. The molecule has 4 aliphatic rings. The summed E-state index contributed by atoms with van der Waals surface area (Å²) in [5.74, 6) is 0.856. The number of carbonyl (C=O) groups excluding carboxylic acids is 1. The first kappa shape index (κ1) is 17.6. The van der Waals surface area contributed by atoms with Crippen molar-refractivity contribution >= 4 is 6.03 Å². The zero-order chi connectivity index (χ0) is 19.1. The second-order valence-corrected chi connectivity index (χ2v) is 8.33. The lowest BCUT2D eigenvalue weighted by Gasteiger charge is -2.46. The van der Waals surface area contributed by atoms with Gasteiger partial charge in [-0.3, -0.25) is 0 Å². The number of hydrogen-bond acceptors (Lipinski definition) is 3. The summed E-state index contributed by atoms with van der Waals surface area (Å²) >= 11 is 0. The van der Waals surface area contributed by atoms with E-state index in [0.717, 1.165) is 18.5 Å². The van der Waals surface area contributed by atoms with Crippen molar-refractivity contribution in [2.75, 3.05) is 26.2 Å². The van der Waals surface area contributed by atoms with Crippen LogP contribution < -0.4 is 5.32 Å². The molecule has 0 aromatic heterocycles. The largest absolute Gasteiger partial charge is 0.508 e. The highest BCUT2D eigenvalue weighted by Gasteiger charge is 2.38. The summed E-state index contributed by atoms with van der Waals surface area (Å²) < 4.78 is 0. The normalized spacial score (nSPS) is 28.6. The van der Waals surface area contributed by atoms with E-state index in [-0.39, 0.29) is 23.9 Å². The van der Waals surface area contributed by atoms with Gasteiger partial charge in [-0.2, -0.15) is 0 Å². The predicted molar refractivity (Wildman–Crippen MR) is 108 cm³/mol. The van der Waals surface area contributed by atoms with Gasteiger partial charge < -0.3 is 20.2 Å². The molecule has 3 fully saturated rings. The molecule has 2 atom stereocenters. The van der Waals surface area contributed by atoms with Gasteiger partial charge in [0.15, 0.2) is 0 Å². The Morgan fingerprint density at radius 3 is 2.46 bits per heavy atom. The number of piperidine rings is 3. The van der Waals surface area contributed by atoms with Gasteiger partial charge in [0.25, 0.3) is 0 Å². The summed E-state index contributed by atoms with van der Waals surface area (Å²) in [5.41, 5.74) is 3.52. The van der Waals surface area contributed by atoms with Gasteiger partial charge in [-0.25, -0.2) is 4.79 Å². The second-order valence-electron chi connectivity index (χ2n) is 8.33. The summed E-state index contributed by atoms with van der Waals surface area (Å²) in [6, 6.07) is 15.8. The fourth-order valence-corrected chi connectivity index (χ4v) is 5.17. The van der Waals surface area contributed by atoms with Gasteiger partial charge in [-0.1, -0.05) is 36.4 Å². The van der Waals surface area contributed by atoms with Gasteiger partial charge in [-0.15, -0.1) is 0 Å². The lowest BCUT2D eigenvalue weighted by molar-refractivity contribution is 0.0715. The first-order chi connectivity index (χ1) is 13.7. The topological polar surface area (TPSA) is 55.8 Å². The molecular formula is C23H27N3O2. The van der Waals surface area contributed by atoms with E-state index in [2.05, 4.69) is 28.4 Å². The minimum absolute atomic E-state index is 0.0336. The maximum absolute atomic E-state index is 13.4. The number of hydrogen-bond donors (Lipinski definition) is 2. The van der Waals surface area contributed by atoms with Crippen molar-refractivity contribution in [1.82, 2.24) is 15.1 Å². The first-order valence-electron chi connectivity index (χ1n) is 10.4. The van der Waals surface area contributed by atoms with Crippen molar-refractivity contribution in [2.24, 2.45) is 5.92 Å². The number of rotatable bonds is 2. The quantitative estimate of drug-likeness (QED) is 0.845. The molecule has 2 aromatic carbocycles. The Kier molecular flexibility index (Phi) is 4.47. The predicted octanol–water partition coefficient (Wildman–Crippen LogP) is 3.14. The van der Waals surface area contributed by atoms with Crippen LogP contribution in [0.5, 0.6) is 5.75 Å². The lowest BCUT2D eigenvalue weighted by Crippen LogP contribution is -2.59.